The monoisotopic (exact) mass is 460 g/mol. The molecule has 1 heterocycles. The smallest absolute Gasteiger partial charge is 0.248 e. The minimum Gasteiger partial charge on any atom is -0.324 e. The van der Waals surface area contributed by atoms with E-state index in [2.05, 4.69) is 28.2 Å². The highest BCUT2D eigenvalue weighted by atomic mass is 35.5. The number of nitrogens with zero attached hydrogens (tertiary/aromatic N) is 2. The topological polar surface area (TPSA) is 61.6 Å². The normalized spacial score (nSPS) is 16.4. The first-order valence-electron chi connectivity index (χ1n) is 9.11. The summed E-state index contributed by atoms with van der Waals surface area (Å²) in [6.07, 6.45) is 0. The van der Waals surface area contributed by atoms with Crippen LogP contribution in [0.4, 0.5) is 5.69 Å². The molecule has 1 aliphatic heterocycles. The van der Waals surface area contributed by atoms with Crippen LogP contribution in [0.1, 0.15) is 18.1 Å². The van der Waals surface area contributed by atoms with E-state index in [0.717, 1.165) is 44.0 Å². The zero-order valence-electron chi connectivity index (χ0n) is 16.8. The molecule has 2 aromatic carbocycles. The maximum atomic E-state index is 12.7. The van der Waals surface area contributed by atoms with Gasteiger partial charge in [0.2, 0.25) is 5.91 Å². The van der Waals surface area contributed by atoms with E-state index in [1.54, 1.807) is 6.92 Å². The van der Waals surface area contributed by atoms with Gasteiger partial charge in [0.05, 0.1) is 0 Å². The van der Waals surface area contributed by atoms with Crippen LogP contribution < -0.4 is 11.1 Å². The predicted octanol–water partition coefficient (Wildman–Crippen LogP) is 3.51. The Balaban J connectivity index is 0.00000261. The van der Waals surface area contributed by atoms with Gasteiger partial charge >= 0.3 is 0 Å². The SMILES string of the molecule is CN1CCN(Cc2cccc(NC(=O)C(C)(N)c3ccccc3)c2)CC1.Cl.Cl.Cl. The van der Waals surface area contributed by atoms with Crippen molar-refractivity contribution < 1.29 is 4.79 Å². The van der Waals surface area contributed by atoms with Crippen molar-refractivity contribution >= 4 is 48.8 Å². The fourth-order valence-corrected chi connectivity index (χ4v) is 3.19. The lowest BCUT2D eigenvalue weighted by atomic mass is 9.92. The van der Waals surface area contributed by atoms with E-state index in [4.69, 9.17) is 5.73 Å². The van der Waals surface area contributed by atoms with Gasteiger partial charge in [0, 0.05) is 38.4 Å². The standard InChI is InChI=1S/C21H28N4O.3ClH/c1-21(22,18-8-4-3-5-9-18)20(26)23-19-10-6-7-17(15-19)16-25-13-11-24(2)12-14-25;;;/h3-10,15H,11-14,16,22H2,1-2H3,(H,23,26);3*1H. The van der Waals surface area contributed by atoms with E-state index in [-0.39, 0.29) is 43.1 Å². The summed E-state index contributed by atoms with van der Waals surface area (Å²) in [6, 6.07) is 17.5. The molecule has 3 N–H and O–H groups in total. The summed E-state index contributed by atoms with van der Waals surface area (Å²) >= 11 is 0. The molecule has 2 aromatic rings. The van der Waals surface area contributed by atoms with Crippen LogP contribution in [0.25, 0.3) is 0 Å². The molecule has 0 saturated carbocycles. The van der Waals surface area contributed by atoms with Crippen molar-refractivity contribution in [1.29, 1.82) is 0 Å². The number of nitrogens with two attached hydrogens (primary N) is 1. The Hall–Kier alpha value is -1.34. The third-order valence-corrected chi connectivity index (χ3v) is 5.03. The summed E-state index contributed by atoms with van der Waals surface area (Å²) < 4.78 is 0. The van der Waals surface area contributed by atoms with Gasteiger partial charge in [-0.1, -0.05) is 42.5 Å². The van der Waals surface area contributed by atoms with Crippen LogP contribution in [0, 0.1) is 0 Å². The van der Waals surface area contributed by atoms with E-state index >= 15 is 0 Å². The molecular formula is C21H31Cl3N4O. The van der Waals surface area contributed by atoms with Crippen molar-refractivity contribution in [1.82, 2.24) is 9.80 Å². The maximum Gasteiger partial charge on any atom is 0.248 e. The Morgan fingerprint density at radius 1 is 1.00 bits per heavy atom. The minimum atomic E-state index is -1.07. The highest BCUT2D eigenvalue weighted by molar-refractivity contribution is 5.98. The number of carbonyl (C=O) groups is 1. The van der Waals surface area contributed by atoms with E-state index in [1.807, 2.05) is 48.5 Å². The van der Waals surface area contributed by atoms with Gasteiger partial charge in [-0.15, -0.1) is 37.2 Å². The third kappa shape index (κ3) is 7.45. The predicted molar refractivity (Wildman–Crippen MR) is 128 cm³/mol. The van der Waals surface area contributed by atoms with Crippen LogP contribution in [0.2, 0.25) is 0 Å². The molecule has 162 valence electrons. The van der Waals surface area contributed by atoms with Crippen LogP contribution in [0.3, 0.4) is 0 Å². The molecule has 1 aliphatic rings. The number of benzene rings is 2. The maximum absolute atomic E-state index is 12.7. The number of halogens is 3. The zero-order chi connectivity index (χ0) is 18.6. The summed E-state index contributed by atoms with van der Waals surface area (Å²) in [7, 11) is 2.16. The lowest BCUT2D eigenvalue weighted by Gasteiger charge is -2.32. The number of piperazine rings is 1. The lowest BCUT2D eigenvalue weighted by Crippen LogP contribution is -2.45. The van der Waals surface area contributed by atoms with Crippen molar-refractivity contribution in [3.05, 3.63) is 65.7 Å². The molecule has 1 unspecified atom stereocenters. The highest BCUT2D eigenvalue weighted by Gasteiger charge is 2.30. The molecule has 1 saturated heterocycles. The molecular weight excluding hydrogens is 431 g/mol. The summed E-state index contributed by atoms with van der Waals surface area (Å²) in [6.45, 7) is 6.98. The first-order valence-corrected chi connectivity index (χ1v) is 9.11. The number of nitrogens with one attached hydrogen (secondary N) is 1. The molecule has 1 amide bonds. The first-order chi connectivity index (χ1) is 12.4. The summed E-state index contributed by atoms with van der Waals surface area (Å²) in [5, 5.41) is 2.97. The van der Waals surface area contributed by atoms with E-state index < -0.39 is 5.54 Å². The Morgan fingerprint density at radius 2 is 1.62 bits per heavy atom. The number of anilines is 1. The molecule has 1 atom stereocenters. The number of amides is 1. The second-order valence-electron chi connectivity index (χ2n) is 7.30. The van der Waals surface area contributed by atoms with Gasteiger partial charge in [-0.2, -0.15) is 0 Å². The molecule has 0 radical (unpaired) electrons. The quantitative estimate of drug-likeness (QED) is 0.715. The van der Waals surface area contributed by atoms with Crippen molar-refractivity contribution in [3.63, 3.8) is 0 Å². The van der Waals surface area contributed by atoms with Crippen molar-refractivity contribution in [2.45, 2.75) is 19.0 Å². The molecule has 29 heavy (non-hydrogen) atoms. The fraction of sp³-hybridized carbons (Fsp3) is 0.381. The van der Waals surface area contributed by atoms with Crippen molar-refractivity contribution in [3.8, 4) is 0 Å². The Kier molecular flexibility index (Phi) is 11.8. The van der Waals surface area contributed by atoms with Gasteiger partial charge in [-0.25, -0.2) is 0 Å². The van der Waals surface area contributed by atoms with Crippen LogP contribution in [-0.4, -0.2) is 48.9 Å². The summed E-state index contributed by atoms with van der Waals surface area (Å²) in [4.78, 5) is 17.5. The Morgan fingerprint density at radius 3 is 2.24 bits per heavy atom. The van der Waals surface area contributed by atoms with Gasteiger partial charge in [0.15, 0.2) is 0 Å². The zero-order valence-corrected chi connectivity index (χ0v) is 19.3. The fourth-order valence-electron chi connectivity index (χ4n) is 3.19. The summed E-state index contributed by atoms with van der Waals surface area (Å²) in [5.74, 6) is -0.208. The number of likely N-dealkylation sites (N-methyl/N-ethyl adjacent to an activating group) is 1. The molecule has 8 heteroatoms. The van der Waals surface area contributed by atoms with Crippen LogP contribution in [0.5, 0.6) is 0 Å². The number of hydrogen-bond donors (Lipinski definition) is 2. The average Bonchev–Trinajstić information content (AvgIpc) is 2.64. The van der Waals surface area contributed by atoms with Gasteiger partial charge in [0.1, 0.15) is 5.54 Å². The van der Waals surface area contributed by atoms with E-state index in [0.29, 0.717) is 0 Å². The lowest BCUT2D eigenvalue weighted by molar-refractivity contribution is -0.120. The number of hydrogen-bond acceptors (Lipinski definition) is 4. The molecule has 3 rings (SSSR count). The molecule has 0 bridgehead atoms. The third-order valence-electron chi connectivity index (χ3n) is 5.03. The minimum absolute atomic E-state index is 0. The van der Waals surface area contributed by atoms with E-state index in [1.165, 1.54) is 5.56 Å². The number of rotatable bonds is 5. The number of carbonyl (C=O) groups excluding carboxylic acids is 1. The first kappa shape index (κ1) is 27.7. The molecule has 1 fully saturated rings. The van der Waals surface area contributed by atoms with Crippen LogP contribution >= 0.6 is 37.2 Å². The average molecular weight is 462 g/mol. The van der Waals surface area contributed by atoms with Crippen LogP contribution in [0.15, 0.2) is 54.6 Å². The molecule has 0 spiro atoms. The second kappa shape index (κ2) is 12.4. The van der Waals surface area contributed by atoms with Gasteiger partial charge in [-0.05, 0) is 37.2 Å². The second-order valence-corrected chi connectivity index (χ2v) is 7.30. The van der Waals surface area contributed by atoms with E-state index in [9.17, 15) is 4.79 Å². The highest BCUT2D eigenvalue weighted by Crippen LogP contribution is 2.21. The Labute approximate surface area is 192 Å². The summed E-state index contributed by atoms with van der Waals surface area (Å²) in [5.41, 5.74) is 8.01. The van der Waals surface area contributed by atoms with Gasteiger partial charge in [0.25, 0.3) is 0 Å². The molecule has 0 aromatic heterocycles. The van der Waals surface area contributed by atoms with Crippen molar-refractivity contribution in [2.24, 2.45) is 5.73 Å². The van der Waals surface area contributed by atoms with Gasteiger partial charge in [-0.3, -0.25) is 9.69 Å². The van der Waals surface area contributed by atoms with Crippen LogP contribution in [-0.2, 0) is 16.9 Å². The molecule has 0 aliphatic carbocycles. The Bertz CT molecular complexity index is 751. The molecule has 5 nitrogen and oxygen atoms in total. The van der Waals surface area contributed by atoms with Crippen molar-refractivity contribution in [2.75, 3.05) is 38.5 Å². The largest absolute Gasteiger partial charge is 0.324 e. The van der Waals surface area contributed by atoms with Gasteiger partial charge < -0.3 is 16.0 Å².